The number of carbonyl (C=O) groups excluding carboxylic acids is 1. The van der Waals surface area contributed by atoms with Gasteiger partial charge in [0.2, 0.25) is 5.91 Å². The Balaban J connectivity index is 1.47. The molecule has 0 radical (unpaired) electrons. The van der Waals surface area contributed by atoms with Crippen molar-refractivity contribution in [1.82, 2.24) is 5.32 Å². The predicted molar refractivity (Wildman–Crippen MR) is 119 cm³/mol. The Morgan fingerprint density at radius 3 is 2.61 bits per heavy atom. The summed E-state index contributed by atoms with van der Waals surface area (Å²) in [5.74, 6) is 0.0539. The van der Waals surface area contributed by atoms with Gasteiger partial charge in [0, 0.05) is 30.7 Å². The zero-order chi connectivity index (χ0) is 21.6. The van der Waals surface area contributed by atoms with Gasteiger partial charge in [0.25, 0.3) is 0 Å². The lowest BCUT2D eigenvalue weighted by molar-refractivity contribution is 0.0639. The minimum absolute atomic E-state index is 0.0532. The van der Waals surface area contributed by atoms with E-state index >= 15 is 0 Å². The van der Waals surface area contributed by atoms with Crippen molar-refractivity contribution in [2.24, 2.45) is 11.7 Å². The molecule has 1 fully saturated rings. The van der Waals surface area contributed by atoms with Gasteiger partial charge in [-0.25, -0.2) is 4.39 Å². The highest BCUT2D eigenvalue weighted by atomic mass is 19.1. The lowest BCUT2D eigenvalue weighted by Crippen LogP contribution is -2.22. The zero-order valence-electron chi connectivity index (χ0n) is 17.4. The predicted octanol–water partition coefficient (Wildman–Crippen LogP) is 4.78. The van der Waals surface area contributed by atoms with E-state index in [2.05, 4.69) is 11.4 Å². The second kappa shape index (κ2) is 9.90. The first-order valence-corrected chi connectivity index (χ1v) is 10.7. The third kappa shape index (κ3) is 5.21. The largest absolute Gasteiger partial charge is 0.454 e. The van der Waals surface area contributed by atoms with Crippen LogP contribution < -0.4 is 15.8 Å². The highest BCUT2D eigenvalue weighted by Crippen LogP contribution is 2.33. The molecular weight excluding hydrogens is 395 g/mol. The third-order valence-corrected chi connectivity index (χ3v) is 5.79. The molecule has 0 aliphatic carbocycles. The molecule has 0 saturated carbocycles. The molecule has 6 heteroatoms. The summed E-state index contributed by atoms with van der Waals surface area (Å²) in [4.78, 5) is 11.2. The van der Waals surface area contributed by atoms with Crippen molar-refractivity contribution < 1.29 is 18.7 Å². The zero-order valence-corrected chi connectivity index (χ0v) is 17.4. The van der Waals surface area contributed by atoms with Gasteiger partial charge in [-0.3, -0.25) is 4.79 Å². The van der Waals surface area contributed by atoms with Gasteiger partial charge in [0.1, 0.15) is 5.75 Å². The van der Waals surface area contributed by atoms with E-state index in [-0.39, 0.29) is 11.3 Å². The summed E-state index contributed by atoms with van der Waals surface area (Å²) in [5.41, 5.74) is 6.49. The van der Waals surface area contributed by atoms with Gasteiger partial charge in [-0.05, 0) is 66.9 Å². The van der Waals surface area contributed by atoms with E-state index in [4.69, 9.17) is 15.2 Å². The molecule has 0 spiro atoms. The van der Waals surface area contributed by atoms with Crippen LogP contribution in [0, 0.1) is 11.7 Å². The molecule has 5 nitrogen and oxygen atoms in total. The van der Waals surface area contributed by atoms with Crippen LogP contribution in [0.4, 0.5) is 4.39 Å². The summed E-state index contributed by atoms with van der Waals surface area (Å²) in [7, 11) is 0. The number of hydrogen-bond acceptors (Lipinski definition) is 4. The van der Waals surface area contributed by atoms with Crippen molar-refractivity contribution >= 4 is 16.7 Å². The molecule has 0 bridgehead atoms. The van der Waals surface area contributed by atoms with Gasteiger partial charge in [-0.1, -0.05) is 30.3 Å². The molecule has 162 valence electrons. The summed E-state index contributed by atoms with van der Waals surface area (Å²) >= 11 is 0. The average Bonchev–Trinajstić information content (AvgIpc) is 2.79. The molecule has 1 heterocycles. The maximum absolute atomic E-state index is 14.4. The van der Waals surface area contributed by atoms with E-state index in [0.29, 0.717) is 5.75 Å². The van der Waals surface area contributed by atoms with Crippen LogP contribution >= 0.6 is 0 Å². The Hall–Kier alpha value is -2.96. The van der Waals surface area contributed by atoms with E-state index in [1.54, 1.807) is 0 Å². The molecule has 0 unspecified atom stereocenters. The van der Waals surface area contributed by atoms with Crippen molar-refractivity contribution in [3.05, 3.63) is 71.5 Å². The molecule has 0 atom stereocenters. The van der Waals surface area contributed by atoms with Crippen LogP contribution in [0.25, 0.3) is 10.8 Å². The first-order valence-electron chi connectivity index (χ1n) is 10.7. The average molecular weight is 423 g/mol. The molecule has 3 aromatic rings. The molecule has 1 amide bonds. The van der Waals surface area contributed by atoms with E-state index in [1.165, 1.54) is 17.7 Å². The lowest BCUT2D eigenvalue weighted by Gasteiger charge is -2.22. The van der Waals surface area contributed by atoms with Gasteiger partial charge in [-0.2, -0.15) is 0 Å². The van der Waals surface area contributed by atoms with Crippen LogP contribution in [-0.4, -0.2) is 25.7 Å². The normalized spacial score (nSPS) is 14.6. The van der Waals surface area contributed by atoms with Crippen molar-refractivity contribution in [3.63, 3.8) is 0 Å². The molecule has 31 heavy (non-hydrogen) atoms. The summed E-state index contributed by atoms with van der Waals surface area (Å²) < 4.78 is 25.7. The third-order valence-electron chi connectivity index (χ3n) is 5.79. The minimum atomic E-state index is -0.676. The van der Waals surface area contributed by atoms with Gasteiger partial charge in [-0.15, -0.1) is 0 Å². The van der Waals surface area contributed by atoms with Crippen molar-refractivity contribution in [1.29, 1.82) is 0 Å². The second-order valence-corrected chi connectivity index (χ2v) is 7.90. The van der Waals surface area contributed by atoms with Crippen molar-refractivity contribution in [3.8, 4) is 11.5 Å². The number of fused-ring (bicyclic) bond motifs is 1. The Kier molecular flexibility index (Phi) is 6.79. The molecule has 1 saturated heterocycles. The van der Waals surface area contributed by atoms with E-state index in [9.17, 15) is 9.18 Å². The number of ether oxygens (including phenoxy) is 2. The van der Waals surface area contributed by atoms with E-state index in [0.717, 1.165) is 68.3 Å². The van der Waals surface area contributed by atoms with Crippen LogP contribution in [0.1, 0.15) is 35.2 Å². The Morgan fingerprint density at radius 2 is 1.84 bits per heavy atom. The van der Waals surface area contributed by atoms with E-state index < -0.39 is 11.7 Å². The first-order chi connectivity index (χ1) is 15.1. The van der Waals surface area contributed by atoms with Gasteiger partial charge < -0.3 is 20.5 Å². The number of halogens is 1. The number of nitrogens with one attached hydrogen (secondary N) is 1. The van der Waals surface area contributed by atoms with Crippen LogP contribution in [0.15, 0.2) is 54.6 Å². The Bertz CT molecular complexity index is 1060. The second-order valence-electron chi connectivity index (χ2n) is 7.90. The fourth-order valence-corrected chi connectivity index (χ4v) is 4.01. The molecule has 0 aromatic heterocycles. The fraction of sp³-hybridized carbons (Fsp3) is 0.320. The standard InChI is InChI=1S/C25H27FN2O3/c26-22-15-18(25(27)29)7-8-24(22)31-23-6-2-4-20-19(3-1-5-21(20)23)16-28-12-9-17-10-13-30-14-11-17/h1-8,15,17,28H,9-14,16H2,(H2,27,29). The van der Waals surface area contributed by atoms with E-state index in [1.807, 2.05) is 30.3 Å². The summed E-state index contributed by atoms with van der Waals surface area (Å²) in [6, 6.07) is 15.8. The van der Waals surface area contributed by atoms with Crippen LogP contribution in [0.5, 0.6) is 11.5 Å². The molecule has 1 aliphatic rings. The number of amides is 1. The van der Waals surface area contributed by atoms with Crippen molar-refractivity contribution in [2.75, 3.05) is 19.8 Å². The minimum Gasteiger partial charge on any atom is -0.454 e. The van der Waals surface area contributed by atoms with Gasteiger partial charge in [0.15, 0.2) is 11.6 Å². The maximum atomic E-state index is 14.4. The SMILES string of the molecule is NC(=O)c1ccc(Oc2cccc3c(CNCCC4CCOCC4)cccc23)c(F)c1. The van der Waals surface area contributed by atoms with Crippen LogP contribution in [0.3, 0.4) is 0 Å². The Labute approximate surface area is 181 Å². The van der Waals surface area contributed by atoms with Crippen LogP contribution in [-0.2, 0) is 11.3 Å². The number of carbonyl (C=O) groups is 1. The smallest absolute Gasteiger partial charge is 0.248 e. The number of rotatable bonds is 8. The molecule has 3 N–H and O–H groups in total. The number of hydrogen-bond donors (Lipinski definition) is 2. The molecule has 1 aliphatic heterocycles. The molecule has 4 rings (SSSR count). The highest BCUT2D eigenvalue weighted by molar-refractivity contribution is 5.93. The summed E-state index contributed by atoms with van der Waals surface area (Å²) in [6.07, 6.45) is 3.45. The molecular formula is C25H27FN2O3. The van der Waals surface area contributed by atoms with Crippen molar-refractivity contribution in [2.45, 2.75) is 25.8 Å². The summed E-state index contributed by atoms with van der Waals surface area (Å²) in [6.45, 7) is 3.48. The summed E-state index contributed by atoms with van der Waals surface area (Å²) in [5, 5.41) is 5.52. The quantitative estimate of drug-likeness (QED) is 0.513. The monoisotopic (exact) mass is 422 g/mol. The number of primary amides is 1. The van der Waals surface area contributed by atoms with Gasteiger partial charge >= 0.3 is 0 Å². The van der Waals surface area contributed by atoms with Gasteiger partial charge in [0.05, 0.1) is 0 Å². The fourth-order valence-electron chi connectivity index (χ4n) is 4.01. The Morgan fingerprint density at radius 1 is 1.06 bits per heavy atom. The number of benzene rings is 3. The highest BCUT2D eigenvalue weighted by Gasteiger charge is 2.14. The lowest BCUT2D eigenvalue weighted by atomic mass is 9.96. The number of nitrogens with two attached hydrogens (primary N) is 1. The molecule has 3 aromatic carbocycles. The first kappa shape index (κ1) is 21.3. The van der Waals surface area contributed by atoms with Crippen LogP contribution in [0.2, 0.25) is 0 Å². The maximum Gasteiger partial charge on any atom is 0.248 e. The topological polar surface area (TPSA) is 73.6 Å².